The zero-order valence-electron chi connectivity index (χ0n) is 19.5. The van der Waals surface area contributed by atoms with Gasteiger partial charge in [-0.3, -0.25) is 9.59 Å². The van der Waals surface area contributed by atoms with E-state index in [4.69, 9.17) is 4.74 Å². The summed E-state index contributed by atoms with van der Waals surface area (Å²) in [6.07, 6.45) is 8.07. The zero-order valence-corrected chi connectivity index (χ0v) is 19.5. The molecule has 4 bridgehead atoms. The van der Waals surface area contributed by atoms with Gasteiger partial charge in [-0.05, 0) is 92.2 Å². The smallest absolute Gasteiger partial charge is 0.306 e. The van der Waals surface area contributed by atoms with Crippen molar-refractivity contribution in [1.82, 2.24) is 4.90 Å². The second kappa shape index (κ2) is 8.34. The number of phenols is 1. The van der Waals surface area contributed by atoms with Crippen LogP contribution in [0.2, 0.25) is 0 Å². The van der Waals surface area contributed by atoms with Crippen LogP contribution in [0.5, 0.6) is 5.75 Å². The van der Waals surface area contributed by atoms with Crippen LogP contribution < -0.4 is 0 Å². The fourth-order valence-electron chi connectivity index (χ4n) is 7.76. The van der Waals surface area contributed by atoms with Gasteiger partial charge in [0.1, 0.15) is 17.4 Å². The van der Waals surface area contributed by atoms with Crippen molar-refractivity contribution in [2.75, 3.05) is 6.54 Å². The number of carbonyl (C=O) groups excluding carboxylic acids is 2. The number of amides is 1. The Kier molecular flexibility index (Phi) is 5.63. The highest BCUT2D eigenvalue weighted by Crippen LogP contribution is 2.64. The van der Waals surface area contributed by atoms with E-state index < -0.39 is 5.60 Å². The monoisotopic (exact) mass is 450 g/mol. The number of esters is 1. The minimum atomic E-state index is -0.427. The molecule has 1 N–H and O–H groups in total. The molecule has 1 aromatic rings. The summed E-state index contributed by atoms with van der Waals surface area (Å²) in [5, 5.41) is 18.9. The van der Waals surface area contributed by atoms with Gasteiger partial charge in [0.05, 0.1) is 6.07 Å². The minimum Gasteiger partial charge on any atom is -0.508 e. The molecule has 4 saturated carbocycles. The van der Waals surface area contributed by atoms with Crippen LogP contribution in [0.15, 0.2) is 24.3 Å². The summed E-state index contributed by atoms with van der Waals surface area (Å²) in [6, 6.07) is 8.97. The maximum Gasteiger partial charge on any atom is 0.306 e. The quantitative estimate of drug-likeness (QED) is 0.651. The van der Waals surface area contributed by atoms with Crippen molar-refractivity contribution >= 4 is 11.9 Å². The van der Waals surface area contributed by atoms with Gasteiger partial charge in [0, 0.05) is 19.4 Å². The van der Waals surface area contributed by atoms with Gasteiger partial charge < -0.3 is 14.7 Å². The summed E-state index contributed by atoms with van der Waals surface area (Å²) in [7, 11) is 0. The van der Waals surface area contributed by atoms with Crippen molar-refractivity contribution in [2.45, 2.75) is 82.8 Å². The molecule has 176 valence electrons. The molecule has 4 aliphatic carbocycles. The lowest BCUT2D eigenvalue weighted by molar-refractivity contribution is -0.203. The predicted octanol–water partition coefficient (Wildman–Crippen LogP) is 4.36. The van der Waals surface area contributed by atoms with E-state index in [1.165, 1.54) is 6.42 Å². The van der Waals surface area contributed by atoms with Crippen molar-refractivity contribution in [3.8, 4) is 11.8 Å². The maximum atomic E-state index is 13.3. The maximum absolute atomic E-state index is 13.3. The fourth-order valence-corrected chi connectivity index (χ4v) is 7.76. The number of aryl methyl sites for hydroxylation is 1. The fraction of sp³-hybridized carbons (Fsp3) is 0.667. The normalized spacial score (nSPS) is 36.5. The molecule has 33 heavy (non-hydrogen) atoms. The Morgan fingerprint density at radius 1 is 1.15 bits per heavy atom. The summed E-state index contributed by atoms with van der Waals surface area (Å²) in [4.78, 5) is 27.9. The van der Waals surface area contributed by atoms with Gasteiger partial charge in [0.2, 0.25) is 5.91 Å². The lowest BCUT2D eigenvalue weighted by Crippen LogP contribution is -2.58. The lowest BCUT2D eigenvalue weighted by atomic mass is 9.47. The Labute approximate surface area is 195 Å². The Morgan fingerprint density at radius 2 is 1.85 bits per heavy atom. The topological polar surface area (TPSA) is 90.6 Å². The van der Waals surface area contributed by atoms with E-state index in [1.54, 1.807) is 17.0 Å². The third kappa shape index (κ3) is 4.47. The summed E-state index contributed by atoms with van der Waals surface area (Å²) < 4.78 is 6.22. The molecule has 0 aromatic heterocycles. The summed E-state index contributed by atoms with van der Waals surface area (Å²) in [6.45, 7) is 2.78. The van der Waals surface area contributed by atoms with E-state index in [0.717, 1.165) is 44.1 Å². The van der Waals surface area contributed by atoms with E-state index in [1.807, 2.05) is 12.1 Å². The number of nitrogens with zero attached hydrogens (tertiary/aromatic N) is 2. The highest BCUT2D eigenvalue weighted by Gasteiger charge is 2.60. The van der Waals surface area contributed by atoms with Gasteiger partial charge in [-0.25, -0.2) is 0 Å². The molecular formula is C27H34N2O4. The molecule has 0 radical (unpaired) electrons. The molecule has 5 fully saturated rings. The largest absolute Gasteiger partial charge is 0.508 e. The van der Waals surface area contributed by atoms with Gasteiger partial charge in [0.25, 0.3) is 0 Å². The third-order valence-electron chi connectivity index (χ3n) is 8.52. The first-order chi connectivity index (χ1) is 15.8. The molecule has 4 unspecified atom stereocenters. The first-order valence-corrected chi connectivity index (χ1v) is 12.5. The molecule has 1 saturated heterocycles. The molecule has 1 heterocycles. The van der Waals surface area contributed by atoms with Crippen LogP contribution in [-0.4, -0.2) is 40.1 Å². The van der Waals surface area contributed by atoms with E-state index in [9.17, 15) is 20.0 Å². The molecule has 1 amide bonds. The number of benzene rings is 1. The average molecular weight is 451 g/mol. The van der Waals surface area contributed by atoms with Crippen LogP contribution >= 0.6 is 0 Å². The van der Waals surface area contributed by atoms with Gasteiger partial charge in [-0.1, -0.05) is 19.1 Å². The van der Waals surface area contributed by atoms with Crippen LogP contribution in [-0.2, 0) is 20.7 Å². The number of hydrogen-bond acceptors (Lipinski definition) is 5. The van der Waals surface area contributed by atoms with Crippen molar-refractivity contribution in [1.29, 1.82) is 5.26 Å². The van der Waals surface area contributed by atoms with Gasteiger partial charge in [0.15, 0.2) is 0 Å². The van der Waals surface area contributed by atoms with Crippen molar-refractivity contribution in [2.24, 2.45) is 23.2 Å². The predicted molar refractivity (Wildman–Crippen MR) is 122 cm³/mol. The highest BCUT2D eigenvalue weighted by atomic mass is 16.6. The molecule has 5 aliphatic rings. The molecule has 6 nitrogen and oxygen atoms in total. The van der Waals surface area contributed by atoms with Crippen LogP contribution in [0.25, 0.3) is 0 Å². The molecule has 6 heteroatoms. The van der Waals surface area contributed by atoms with E-state index in [-0.39, 0.29) is 29.1 Å². The molecule has 6 rings (SSSR count). The molecule has 1 aromatic carbocycles. The lowest BCUT2D eigenvalue weighted by Gasteiger charge is -2.61. The Hall–Kier alpha value is -2.55. The highest BCUT2D eigenvalue weighted by molar-refractivity contribution is 5.78. The van der Waals surface area contributed by atoms with Crippen LogP contribution in [0.3, 0.4) is 0 Å². The number of ether oxygens (including phenoxy) is 1. The van der Waals surface area contributed by atoms with Crippen molar-refractivity contribution < 1.29 is 19.4 Å². The number of rotatable bonds is 6. The summed E-state index contributed by atoms with van der Waals surface area (Å²) in [5.41, 5.74) is 0.484. The second-order valence-electron chi connectivity index (χ2n) is 11.5. The van der Waals surface area contributed by atoms with Crippen molar-refractivity contribution in [3.05, 3.63) is 29.8 Å². The van der Waals surface area contributed by atoms with Gasteiger partial charge >= 0.3 is 5.97 Å². The SMILES string of the molecule is CC1CC(C#N)N(C(=O)CC23CC4CC(C2)CC(OC(=O)CCc2ccc(O)cc2)(C4)C3)C1. The average Bonchev–Trinajstić information content (AvgIpc) is 3.13. The van der Waals surface area contributed by atoms with Crippen LogP contribution in [0.1, 0.15) is 70.3 Å². The number of likely N-dealkylation sites (tertiary alicyclic amines) is 1. The number of nitriles is 1. The zero-order chi connectivity index (χ0) is 23.2. The first-order valence-electron chi connectivity index (χ1n) is 12.5. The minimum absolute atomic E-state index is 0.0930. The Morgan fingerprint density at radius 3 is 2.52 bits per heavy atom. The number of carbonyl (C=O) groups is 2. The standard InChI is InChI=1S/C27H34N2O4/c1-18-8-22(15-28)29(16-18)24(31)14-26-10-20-9-21(11-26)13-27(12-20,17-26)33-25(32)7-4-19-2-5-23(30)6-3-19/h2-3,5-6,18,20-22,30H,4,7-14,16-17H2,1H3. The summed E-state index contributed by atoms with van der Waals surface area (Å²) in [5.74, 6) is 1.59. The van der Waals surface area contributed by atoms with Gasteiger partial charge in [-0.15, -0.1) is 0 Å². The molecule has 1 aliphatic heterocycles. The number of hydrogen-bond donors (Lipinski definition) is 1. The molecular weight excluding hydrogens is 416 g/mol. The number of phenolic OH excluding ortho intramolecular Hbond substituents is 1. The Balaban J connectivity index is 1.25. The molecule has 4 atom stereocenters. The van der Waals surface area contributed by atoms with Crippen LogP contribution in [0, 0.1) is 34.5 Å². The van der Waals surface area contributed by atoms with E-state index >= 15 is 0 Å². The second-order valence-corrected chi connectivity index (χ2v) is 11.5. The summed E-state index contributed by atoms with van der Waals surface area (Å²) >= 11 is 0. The van der Waals surface area contributed by atoms with E-state index in [0.29, 0.717) is 43.6 Å². The third-order valence-corrected chi connectivity index (χ3v) is 8.52. The van der Waals surface area contributed by atoms with Gasteiger partial charge in [-0.2, -0.15) is 5.26 Å². The Bertz CT molecular complexity index is 951. The van der Waals surface area contributed by atoms with E-state index in [2.05, 4.69) is 13.0 Å². The molecule has 0 spiro atoms. The first kappa shape index (κ1) is 22.3. The number of aromatic hydroxyl groups is 1. The van der Waals surface area contributed by atoms with Crippen molar-refractivity contribution in [3.63, 3.8) is 0 Å². The van der Waals surface area contributed by atoms with Crippen LogP contribution in [0.4, 0.5) is 0 Å².